The van der Waals surface area contributed by atoms with E-state index in [1.54, 1.807) is 37.3 Å². The van der Waals surface area contributed by atoms with Crippen LogP contribution in [0.25, 0.3) is 0 Å². The van der Waals surface area contributed by atoms with Crippen molar-refractivity contribution in [2.24, 2.45) is 0 Å². The van der Waals surface area contributed by atoms with Crippen LogP contribution >= 0.6 is 0 Å². The zero-order valence-electron chi connectivity index (χ0n) is 18.4. The molecule has 0 saturated heterocycles. The van der Waals surface area contributed by atoms with Gasteiger partial charge in [-0.1, -0.05) is 29.8 Å². The number of hydrogen-bond donors (Lipinski definition) is 4. The van der Waals surface area contributed by atoms with Crippen molar-refractivity contribution in [1.82, 2.24) is 5.32 Å². The highest BCUT2D eigenvalue weighted by atomic mass is 32.2. The third-order valence-electron chi connectivity index (χ3n) is 5.22. The molecule has 0 aliphatic heterocycles. The Morgan fingerprint density at radius 1 is 1.06 bits per heavy atom. The van der Waals surface area contributed by atoms with E-state index in [0.717, 1.165) is 17.2 Å². The van der Waals surface area contributed by atoms with Gasteiger partial charge in [0.1, 0.15) is 16.8 Å². The van der Waals surface area contributed by atoms with Gasteiger partial charge in [-0.05, 0) is 50.6 Å². The minimum Gasteiger partial charge on any atom is -0.507 e. The van der Waals surface area contributed by atoms with Crippen LogP contribution in [0.1, 0.15) is 24.5 Å². The zero-order chi connectivity index (χ0) is 24.3. The summed E-state index contributed by atoms with van der Waals surface area (Å²) in [5, 5.41) is 24.1. The van der Waals surface area contributed by atoms with Crippen LogP contribution < -0.4 is 10.6 Å². The number of rotatable bonds is 6. The molecule has 0 saturated carbocycles. The number of anilines is 1. The van der Waals surface area contributed by atoms with Crippen LogP contribution in [0.5, 0.6) is 0 Å². The Balaban J connectivity index is 1.77. The molecule has 1 atom stereocenters. The molecule has 1 aliphatic carbocycles. The molecule has 9 heteroatoms. The van der Waals surface area contributed by atoms with E-state index in [1.165, 1.54) is 19.1 Å². The fraction of sp³-hybridized carbons (Fsp3) is 0.208. The summed E-state index contributed by atoms with van der Waals surface area (Å²) in [5.74, 6) is -2.68. The zero-order valence-corrected chi connectivity index (χ0v) is 19.2. The number of nitrogens with one attached hydrogen (secondary N) is 2. The second kappa shape index (κ2) is 9.50. The quantitative estimate of drug-likeness (QED) is 0.461. The predicted molar refractivity (Wildman–Crippen MR) is 124 cm³/mol. The van der Waals surface area contributed by atoms with Gasteiger partial charge in [-0.2, -0.15) is 0 Å². The van der Waals surface area contributed by atoms with Gasteiger partial charge in [-0.15, -0.1) is 0 Å². The van der Waals surface area contributed by atoms with E-state index in [-0.39, 0.29) is 16.2 Å². The number of aliphatic hydroxyl groups excluding tert-OH is 2. The number of benzene rings is 2. The SMILES string of the molecule is Cc1ccc(S(=O)(=O)C(C)C(=O)NC2=C(F)CC(=C(O)Nc3cccc(C)c3)C(O)=C2)cc1. The normalized spacial score (nSPS) is 16.7. The average molecular weight is 473 g/mol. The molecule has 0 fully saturated rings. The van der Waals surface area contributed by atoms with Crippen molar-refractivity contribution in [2.45, 2.75) is 37.3 Å². The van der Waals surface area contributed by atoms with Crippen molar-refractivity contribution >= 4 is 21.4 Å². The topological polar surface area (TPSA) is 116 Å². The van der Waals surface area contributed by atoms with Gasteiger partial charge in [0.05, 0.1) is 16.2 Å². The van der Waals surface area contributed by atoms with Crippen LogP contribution in [0, 0.1) is 13.8 Å². The summed E-state index contributed by atoms with van der Waals surface area (Å²) >= 11 is 0. The van der Waals surface area contributed by atoms with Crippen LogP contribution in [-0.4, -0.2) is 29.8 Å². The summed E-state index contributed by atoms with van der Waals surface area (Å²) in [5.41, 5.74) is 1.88. The summed E-state index contributed by atoms with van der Waals surface area (Å²) in [6, 6.07) is 13.1. The van der Waals surface area contributed by atoms with Crippen LogP contribution in [0.4, 0.5) is 10.1 Å². The highest BCUT2D eigenvalue weighted by molar-refractivity contribution is 7.92. The van der Waals surface area contributed by atoms with Crippen molar-refractivity contribution in [3.05, 3.63) is 94.5 Å². The Morgan fingerprint density at radius 2 is 1.73 bits per heavy atom. The molecule has 0 heterocycles. The first-order chi connectivity index (χ1) is 15.5. The lowest BCUT2D eigenvalue weighted by atomic mass is 10.0. The van der Waals surface area contributed by atoms with Gasteiger partial charge < -0.3 is 20.8 Å². The summed E-state index contributed by atoms with van der Waals surface area (Å²) in [6.45, 7) is 4.88. The molecule has 3 rings (SSSR count). The predicted octanol–water partition coefficient (Wildman–Crippen LogP) is 4.49. The second-order valence-electron chi connectivity index (χ2n) is 7.84. The highest BCUT2D eigenvalue weighted by Gasteiger charge is 2.31. The lowest BCUT2D eigenvalue weighted by molar-refractivity contribution is -0.119. The number of carbonyl (C=O) groups excluding carboxylic acids is 1. The van der Waals surface area contributed by atoms with E-state index in [4.69, 9.17) is 0 Å². The monoisotopic (exact) mass is 472 g/mol. The second-order valence-corrected chi connectivity index (χ2v) is 10.1. The standard InChI is InChI=1S/C24H25FN2O5S/c1-14-7-9-18(10-8-14)33(31,32)16(3)23(29)27-21-13-22(28)19(12-20(21)25)24(30)26-17-6-4-5-15(2)11-17/h4-11,13,16,26,28,30H,12H2,1-3H3,(H,27,29). The van der Waals surface area contributed by atoms with Crippen LogP contribution in [0.2, 0.25) is 0 Å². The molecule has 0 bridgehead atoms. The first kappa shape index (κ1) is 24.1. The number of allylic oxidation sites excluding steroid dienone is 3. The minimum absolute atomic E-state index is 0.0235. The minimum atomic E-state index is -4.00. The van der Waals surface area contributed by atoms with Crippen LogP contribution in [0.3, 0.4) is 0 Å². The number of amides is 1. The van der Waals surface area contributed by atoms with Crippen molar-refractivity contribution in [2.75, 3.05) is 5.32 Å². The van der Waals surface area contributed by atoms with E-state index >= 15 is 0 Å². The molecule has 33 heavy (non-hydrogen) atoms. The molecular weight excluding hydrogens is 447 g/mol. The third kappa shape index (κ3) is 5.43. The fourth-order valence-electron chi connectivity index (χ4n) is 3.19. The van der Waals surface area contributed by atoms with Crippen molar-refractivity contribution in [1.29, 1.82) is 0 Å². The summed E-state index contributed by atoms with van der Waals surface area (Å²) in [6.07, 6.45) is 0.438. The lowest BCUT2D eigenvalue weighted by Gasteiger charge is -2.19. The number of carbonyl (C=O) groups is 1. The number of sulfone groups is 1. The first-order valence-corrected chi connectivity index (χ1v) is 11.7. The van der Waals surface area contributed by atoms with E-state index in [0.29, 0.717) is 5.69 Å². The lowest BCUT2D eigenvalue weighted by Crippen LogP contribution is -2.38. The average Bonchev–Trinajstić information content (AvgIpc) is 2.75. The summed E-state index contributed by atoms with van der Waals surface area (Å²) in [4.78, 5) is 12.5. The molecule has 1 amide bonds. The maximum absolute atomic E-state index is 14.7. The molecule has 0 aromatic heterocycles. The molecule has 0 radical (unpaired) electrons. The smallest absolute Gasteiger partial charge is 0.242 e. The van der Waals surface area contributed by atoms with Gasteiger partial charge in [0.25, 0.3) is 0 Å². The molecule has 174 valence electrons. The van der Waals surface area contributed by atoms with Crippen molar-refractivity contribution in [3.8, 4) is 0 Å². The maximum Gasteiger partial charge on any atom is 0.242 e. The molecule has 1 unspecified atom stereocenters. The van der Waals surface area contributed by atoms with E-state index in [1.807, 2.05) is 13.0 Å². The molecule has 2 aromatic rings. The van der Waals surface area contributed by atoms with Crippen molar-refractivity contribution < 1.29 is 27.8 Å². The Hall–Kier alpha value is -3.59. The van der Waals surface area contributed by atoms with E-state index < -0.39 is 44.9 Å². The number of hydrogen-bond acceptors (Lipinski definition) is 6. The number of halogens is 1. The van der Waals surface area contributed by atoms with Crippen LogP contribution in [-0.2, 0) is 14.6 Å². The Kier molecular flexibility index (Phi) is 6.92. The van der Waals surface area contributed by atoms with Gasteiger partial charge in [0.2, 0.25) is 5.91 Å². The number of aryl methyl sites for hydroxylation is 2. The Labute approximate surface area is 191 Å². The molecule has 4 N–H and O–H groups in total. The molecular formula is C24H25FN2O5S. The summed E-state index contributed by atoms with van der Waals surface area (Å²) < 4.78 is 40.2. The highest BCUT2D eigenvalue weighted by Crippen LogP contribution is 2.30. The van der Waals surface area contributed by atoms with Gasteiger partial charge in [-0.3, -0.25) is 4.79 Å². The first-order valence-electron chi connectivity index (χ1n) is 10.2. The van der Waals surface area contributed by atoms with Gasteiger partial charge in [-0.25, -0.2) is 12.8 Å². The molecule has 7 nitrogen and oxygen atoms in total. The van der Waals surface area contributed by atoms with Gasteiger partial charge in [0, 0.05) is 18.2 Å². The van der Waals surface area contributed by atoms with Crippen molar-refractivity contribution in [3.63, 3.8) is 0 Å². The largest absolute Gasteiger partial charge is 0.507 e. The van der Waals surface area contributed by atoms with E-state index in [9.17, 15) is 27.8 Å². The summed E-state index contributed by atoms with van der Waals surface area (Å²) in [7, 11) is -4.00. The van der Waals surface area contributed by atoms with Crippen LogP contribution in [0.15, 0.2) is 88.2 Å². The maximum atomic E-state index is 14.7. The fourth-order valence-corrected chi connectivity index (χ4v) is 4.46. The van der Waals surface area contributed by atoms with Gasteiger partial charge in [0.15, 0.2) is 15.7 Å². The third-order valence-corrected chi connectivity index (χ3v) is 7.30. The number of aliphatic hydroxyl groups is 2. The molecule has 1 aliphatic rings. The van der Waals surface area contributed by atoms with E-state index in [2.05, 4.69) is 10.6 Å². The molecule has 2 aromatic carbocycles. The Morgan fingerprint density at radius 3 is 2.36 bits per heavy atom. The van der Waals surface area contributed by atoms with Gasteiger partial charge >= 0.3 is 0 Å². The molecule has 0 spiro atoms. The Bertz CT molecular complexity index is 1280.